The standard InChI is InChI=1S/C14H24O4/c1-9(17-4)5-6-11-13(2)8-18-14(11,3)7-10(15)12(13)16/h5-6,9-12,15-16H,7-8H2,1-4H3/b6-5+/t9?,10-,11-,12+,13-,14-/m1/s1. The van der Waals surface area contributed by atoms with Crippen molar-refractivity contribution in [2.75, 3.05) is 13.7 Å². The molecule has 0 radical (unpaired) electrons. The molecule has 0 spiro atoms. The van der Waals surface area contributed by atoms with Gasteiger partial charge in [-0.2, -0.15) is 0 Å². The average Bonchev–Trinajstić information content (AvgIpc) is 2.53. The van der Waals surface area contributed by atoms with Gasteiger partial charge in [-0.15, -0.1) is 0 Å². The van der Waals surface area contributed by atoms with Crippen LogP contribution in [-0.4, -0.2) is 47.8 Å². The monoisotopic (exact) mass is 256 g/mol. The van der Waals surface area contributed by atoms with Gasteiger partial charge in [0.25, 0.3) is 0 Å². The van der Waals surface area contributed by atoms with Crippen LogP contribution in [0.4, 0.5) is 0 Å². The Morgan fingerprint density at radius 3 is 2.67 bits per heavy atom. The Hall–Kier alpha value is -0.420. The molecule has 0 aromatic heterocycles. The van der Waals surface area contributed by atoms with E-state index < -0.39 is 23.2 Å². The molecular weight excluding hydrogens is 232 g/mol. The Labute approximate surface area is 109 Å². The predicted molar refractivity (Wildman–Crippen MR) is 68.2 cm³/mol. The molecule has 1 aliphatic carbocycles. The number of fused-ring (bicyclic) bond motifs is 2. The summed E-state index contributed by atoms with van der Waals surface area (Å²) in [6.07, 6.45) is 3.16. The second kappa shape index (κ2) is 4.60. The van der Waals surface area contributed by atoms with Crippen molar-refractivity contribution in [2.45, 2.75) is 51.1 Å². The highest BCUT2D eigenvalue weighted by Gasteiger charge is 2.61. The fraction of sp³-hybridized carbons (Fsp3) is 0.857. The summed E-state index contributed by atoms with van der Waals surface area (Å²) in [5.74, 6) is 0.0981. The van der Waals surface area contributed by atoms with Gasteiger partial charge in [-0.25, -0.2) is 0 Å². The van der Waals surface area contributed by atoms with E-state index >= 15 is 0 Å². The third kappa shape index (κ3) is 2.01. The SMILES string of the molecule is COC(C)/C=C/[C@@H]1[C@@]2(C)CO[C@]1(C)C[C@@H](O)[C@@H]2O. The van der Waals surface area contributed by atoms with Gasteiger partial charge in [-0.3, -0.25) is 0 Å². The fourth-order valence-corrected chi connectivity index (χ4v) is 3.39. The van der Waals surface area contributed by atoms with E-state index in [0.717, 1.165) is 0 Å². The normalized spacial score (nSPS) is 49.8. The lowest BCUT2D eigenvalue weighted by Crippen LogP contribution is -2.55. The molecule has 4 heteroatoms. The van der Waals surface area contributed by atoms with Crippen molar-refractivity contribution in [3.63, 3.8) is 0 Å². The summed E-state index contributed by atoms with van der Waals surface area (Å²) in [6, 6.07) is 0. The largest absolute Gasteiger partial charge is 0.390 e. The van der Waals surface area contributed by atoms with Crippen LogP contribution >= 0.6 is 0 Å². The molecule has 1 saturated heterocycles. The molecule has 0 aromatic carbocycles. The number of methoxy groups -OCH3 is 1. The molecule has 104 valence electrons. The lowest BCUT2D eigenvalue weighted by atomic mass is 9.61. The van der Waals surface area contributed by atoms with Gasteiger partial charge in [0.15, 0.2) is 0 Å². The van der Waals surface area contributed by atoms with Gasteiger partial charge in [0.1, 0.15) is 0 Å². The number of aliphatic hydroxyl groups excluding tert-OH is 2. The minimum Gasteiger partial charge on any atom is -0.390 e. The lowest BCUT2D eigenvalue weighted by Gasteiger charge is -2.46. The highest BCUT2D eigenvalue weighted by atomic mass is 16.5. The summed E-state index contributed by atoms with van der Waals surface area (Å²) in [5, 5.41) is 20.2. The Morgan fingerprint density at radius 1 is 1.39 bits per heavy atom. The summed E-state index contributed by atoms with van der Waals surface area (Å²) in [7, 11) is 1.67. The summed E-state index contributed by atoms with van der Waals surface area (Å²) in [6.45, 7) is 6.45. The Morgan fingerprint density at radius 2 is 2.06 bits per heavy atom. The van der Waals surface area contributed by atoms with E-state index in [0.29, 0.717) is 13.0 Å². The van der Waals surface area contributed by atoms with Crippen LogP contribution in [0.2, 0.25) is 0 Å². The van der Waals surface area contributed by atoms with E-state index in [4.69, 9.17) is 9.47 Å². The van der Waals surface area contributed by atoms with Gasteiger partial charge in [-0.1, -0.05) is 19.1 Å². The third-order valence-corrected chi connectivity index (χ3v) is 4.68. The minimum absolute atomic E-state index is 0.0422. The van der Waals surface area contributed by atoms with Crippen molar-refractivity contribution in [1.82, 2.24) is 0 Å². The molecule has 2 aliphatic rings. The molecule has 1 aliphatic heterocycles. The molecule has 2 rings (SSSR count). The molecular formula is C14H24O4. The smallest absolute Gasteiger partial charge is 0.0882 e. The van der Waals surface area contributed by atoms with Crippen LogP contribution in [0.1, 0.15) is 27.2 Å². The first-order valence-corrected chi connectivity index (χ1v) is 6.55. The quantitative estimate of drug-likeness (QED) is 0.743. The van der Waals surface area contributed by atoms with E-state index in [1.165, 1.54) is 0 Å². The van der Waals surface area contributed by atoms with Crippen LogP contribution in [0.25, 0.3) is 0 Å². The van der Waals surface area contributed by atoms with E-state index in [1.54, 1.807) is 7.11 Å². The molecule has 2 bridgehead atoms. The Balaban J connectivity index is 2.26. The number of hydrogen-bond donors (Lipinski definition) is 2. The van der Waals surface area contributed by atoms with Crippen LogP contribution in [0, 0.1) is 11.3 Å². The first-order chi connectivity index (χ1) is 8.33. The summed E-state index contributed by atoms with van der Waals surface area (Å²) >= 11 is 0. The molecule has 1 heterocycles. The van der Waals surface area contributed by atoms with Gasteiger partial charge in [-0.05, 0) is 13.8 Å². The van der Waals surface area contributed by atoms with Crippen molar-refractivity contribution in [1.29, 1.82) is 0 Å². The topological polar surface area (TPSA) is 58.9 Å². The van der Waals surface area contributed by atoms with Gasteiger partial charge in [0.2, 0.25) is 0 Å². The average molecular weight is 256 g/mol. The minimum atomic E-state index is -0.736. The Kier molecular flexibility index (Phi) is 3.58. The van der Waals surface area contributed by atoms with Crippen molar-refractivity contribution in [3.8, 4) is 0 Å². The number of rotatable bonds is 3. The predicted octanol–water partition coefficient (Wildman–Crippen LogP) is 1.11. The zero-order valence-corrected chi connectivity index (χ0v) is 11.6. The van der Waals surface area contributed by atoms with Crippen LogP contribution in [-0.2, 0) is 9.47 Å². The molecule has 6 atom stereocenters. The number of hydrogen-bond acceptors (Lipinski definition) is 4. The summed E-state index contributed by atoms with van der Waals surface area (Å²) in [4.78, 5) is 0. The van der Waals surface area contributed by atoms with E-state index in [-0.39, 0.29) is 12.0 Å². The van der Waals surface area contributed by atoms with Crippen molar-refractivity contribution in [3.05, 3.63) is 12.2 Å². The first kappa shape index (κ1) is 14.0. The molecule has 18 heavy (non-hydrogen) atoms. The van der Waals surface area contributed by atoms with Crippen molar-refractivity contribution in [2.24, 2.45) is 11.3 Å². The lowest BCUT2D eigenvalue weighted by molar-refractivity contribution is -0.113. The van der Waals surface area contributed by atoms with Gasteiger partial charge >= 0.3 is 0 Å². The van der Waals surface area contributed by atoms with Gasteiger partial charge in [0, 0.05) is 24.9 Å². The van der Waals surface area contributed by atoms with Crippen LogP contribution in [0.5, 0.6) is 0 Å². The zero-order valence-electron chi connectivity index (χ0n) is 11.6. The third-order valence-electron chi connectivity index (χ3n) is 4.68. The van der Waals surface area contributed by atoms with Gasteiger partial charge in [0.05, 0.1) is 30.5 Å². The maximum absolute atomic E-state index is 10.2. The summed E-state index contributed by atoms with van der Waals surface area (Å²) in [5.41, 5.74) is -0.812. The molecule has 1 unspecified atom stereocenters. The maximum Gasteiger partial charge on any atom is 0.0882 e. The number of ether oxygens (including phenoxy) is 2. The highest BCUT2D eigenvalue weighted by molar-refractivity contribution is 5.17. The van der Waals surface area contributed by atoms with Crippen LogP contribution in [0.15, 0.2) is 12.2 Å². The highest BCUT2D eigenvalue weighted by Crippen LogP contribution is 2.54. The van der Waals surface area contributed by atoms with E-state index in [9.17, 15) is 10.2 Å². The van der Waals surface area contributed by atoms with Gasteiger partial charge < -0.3 is 19.7 Å². The molecule has 1 saturated carbocycles. The van der Waals surface area contributed by atoms with E-state index in [2.05, 4.69) is 6.08 Å². The zero-order chi connectivity index (χ0) is 13.6. The van der Waals surface area contributed by atoms with Crippen molar-refractivity contribution < 1.29 is 19.7 Å². The second-order valence-electron chi connectivity index (χ2n) is 6.13. The van der Waals surface area contributed by atoms with E-state index in [1.807, 2.05) is 26.8 Å². The van der Waals surface area contributed by atoms with Crippen molar-refractivity contribution >= 4 is 0 Å². The first-order valence-electron chi connectivity index (χ1n) is 6.55. The second-order valence-corrected chi connectivity index (χ2v) is 6.13. The number of aliphatic hydroxyl groups is 2. The Bertz CT molecular complexity index is 343. The summed E-state index contributed by atoms with van der Waals surface area (Å²) < 4.78 is 11.1. The van der Waals surface area contributed by atoms with Crippen LogP contribution < -0.4 is 0 Å². The fourth-order valence-electron chi connectivity index (χ4n) is 3.39. The molecule has 0 aromatic rings. The molecule has 4 nitrogen and oxygen atoms in total. The molecule has 2 N–H and O–H groups in total. The van der Waals surface area contributed by atoms with Crippen LogP contribution in [0.3, 0.4) is 0 Å². The molecule has 2 fully saturated rings. The molecule has 0 amide bonds. The maximum atomic E-state index is 10.2.